The summed E-state index contributed by atoms with van der Waals surface area (Å²) in [4.78, 5) is 18.7. The maximum atomic E-state index is 12.7. The highest BCUT2D eigenvalue weighted by molar-refractivity contribution is 7.99. The topological polar surface area (TPSA) is 75.0 Å². The lowest BCUT2D eigenvalue weighted by molar-refractivity contribution is -0.116. The average molecular weight is 342 g/mol. The highest BCUT2D eigenvalue weighted by Gasteiger charge is 2.18. The van der Waals surface area contributed by atoms with E-state index < -0.39 is 0 Å². The third kappa shape index (κ3) is 4.05. The number of para-hydroxylation sites is 1. The van der Waals surface area contributed by atoms with Gasteiger partial charge >= 0.3 is 0 Å². The Morgan fingerprint density at radius 1 is 1.25 bits per heavy atom. The van der Waals surface area contributed by atoms with E-state index in [0.717, 1.165) is 23.7 Å². The van der Waals surface area contributed by atoms with E-state index in [1.54, 1.807) is 11.2 Å². The van der Waals surface area contributed by atoms with Gasteiger partial charge in [-0.2, -0.15) is 0 Å². The fourth-order valence-corrected chi connectivity index (χ4v) is 2.89. The number of thioether (sulfide) groups is 1. The second-order valence-electron chi connectivity index (χ2n) is 5.10. The van der Waals surface area contributed by atoms with Crippen LogP contribution in [0.4, 0.5) is 5.69 Å². The third-order valence-electron chi connectivity index (χ3n) is 3.43. The monoisotopic (exact) mass is 342 g/mol. The molecule has 0 aliphatic carbocycles. The van der Waals surface area contributed by atoms with Crippen molar-refractivity contribution < 1.29 is 9.21 Å². The number of aromatic nitrogens is 3. The summed E-state index contributed by atoms with van der Waals surface area (Å²) < 4.78 is 5.39. The maximum absolute atomic E-state index is 12.7. The van der Waals surface area contributed by atoms with Gasteiger partial charge in [0.25, 0.3) is 0 Å². The van der Waals surface area contributed by atoms with Crippen LogP contribution in [0, 0.1) is 0 Å². The minimum absolute atomic E-state index is 0.0227. The lowest BCUT2D eigenvalue weighted by Crippen LogP contribution is -2.31. The number of anilines is 1. The number of H-pyrrole nitrogens is 1. The molecule has 1 N–H and O–H groups in total. The van der Waals surface area contributed by atoms with E-state index >= 15 is 0 Å². The minimum Gasteiger partial charge on any atom is -0.467 e. The van der Waals surface area contributed by atoms with Gasteiger partial charge in [0.1, 0.15) is 11.6 Å². The molecular weight excluding hydrogens is 324 g/mol. The van der Waals surface area contributed by atoms with E-state index in [-0.39, 0.29) is 11.7 Å². The fourth-order valence-electron chi connectivity index (χ4n) is 2.19. The van der Waals surface area contributed by atoms with Gasteiger partial charge in [-0.05, 0) is 24.3 Å². The molecule has 6 nitrogen and oxygen atoms in total. The molecule has 2 heterocycles. The number of amides is 1. The van der Waals surface area contributed by atoms with Crippen molar-refractivity contribution in [2.24, 2.45) is 0 Å². The van der Waals surface area contributed by atoms with E-state index in [1.807, 2.05) is 49.4 Å². The van der Waals surface area contributed by atoms with E-state index in [1.165, 1.54) is 11.8 Å². The Kier molecular flexibility index (Phi) is 5.32. The molecule has 0 saturated heterocycles. The Bertz CT molecular complexity index is 771. The summed E-state index contributed by atoms with van der Waals surface area (Å²) in [5, 5.41) is 7.55. The molecule has 3 aromatic rings. The predicted octanol–water partition coefficient (Wildman–Crippen LogP) is 3.29. The number of carbonyl (C=O) groups is 1. The van der Waals surface area contributed by atoms with E-state index in [4.69, 9.17) is 4.42 Å². The molecule has 0 aliphatic rings. The molecule has 124 valence electrons. The number of hydrogen-bond donors (Lipinski definition) is 1. The molecular formula is C17H18N4O2S. The first-order chi connectivity index (χ1) is 11.8. The zero-order chi connectivity index (χ0) is 16.8. The molecule has 0 saturated carbocycles. The lowest BCUT2D eigenvalue weighted by atomic mass is 10.2. The highest BCUT2D eigenvalue weighted by Crippen LogP contribution is 2.20. The Morgan fingerprint density at radius 3 is 2.75 bits per heavy atom. The molecule has 1 amide bonds. The van der Waals surface area contributed by atoms with Crippen molar-refractivity contribution in [1.29, 1.82) is 0 Å². The Morgan fingerprint density at radius 2 is 2.08 bits per heavy atom. The molecule has 2 aromatic heterocycles. The summed E-state index contributed by atoms with van der Waals surface area (Å²) in [5.74, 6) is 1.80. The van der Waals surface area contributed by atoms with E-state index in [2.05, 4.69) is 15.2 Å². The van der Waals surface area contributed by atoms with Crippen LogP contribution in [0.2, 0.25) is 0 Å². The van der Waals surface area contributed by atoms with Crippen molar-refractivity contribution in [2.75, 3.05) is 10.7 Å². The van der Waals surface area contributed by atoms with Crippen LogP contribution in [-0.4, -0.2) is 26.8 Å². The van der Waals surface area contributed by atoms with Crippen LogP contribution in [0.1, 0.15) is 18.5 Å². The number of aromatic amines is 1. The normalized spacial score (nSPS) is 10.7. The minimum atomic E-state index is -0.0227. The van der Waals surface area contributed by atoms with Crippen molar-refractivity contribution in [1.82, 2.24) is 15.2 Å². The van der Waals surface area contributed by atoms with Gasteiger partial charge in [0.2, 0.25) is 11.1 Å². The largest absolute Gasteiger partial charge is 0.467 e. The predicted molar refractivity (Wildman–Crippen MR) is 92.8 cm³/mol. The van der Waals surface area contributed by atoms with Crippen LogP contribution in [0.15, 0.2) is 58.3 Å². The molecule has 7 heteroatoms. The van der Waals surface area contributed by atoms with E-state index in [9.17, 15) is 4.79 Å². The third-order valence-corrected chi connectivity index (χ3v) is 4.27. The smallest absolute Gasteiger partial charge is 0.237 e. The molecule has 0 bridgehead atoms. The summed E-state index contributed by atoms with van der Waals surface area (Å²) >= 11 is 1.33. The summed E-state index contributed by atoms with van der Waals surface area (Å²) in [7, 11) is 0. The summed E-state index contributed by atoms with van der Waals surface area (Å²) in [5.41, 5.74) is 0.837. The fraction of sp³-hybridized carbons (Fsp3) is 0.235. The van der Waals surface area contributed by atoms with Gasteiger partial charge in [-0.1, -0.05) is 36.9 Å². The van der Waals surface area contributed by atoms with Crippen molar-refractivity contribution >= 4 is 23.4 Å². The van der Waals surface area contributed by atoms with Crippen LogP contribution in [0.5, 0.6) is 0 Å². The van der Waals surface area contributed by atoms with Crippen LogP contribution in [0.3, 0.4) is 0 Å². The molecule has 1 aromatic carbocycles. The second-order valence-corrected chi connectivity index (χ2v) is 6.04. The van der Waals surface area contributed by atoms with Crippen molar-refractivity contribution in [3.8, 4) is 0 Å². The Hall–Kier alpha value is -2.54. The molecule has 0 radical (unpaired) electrons. The number of nitrogens with one attached hydrogen (secondary N) is 1. The molecule has 24 heavy (non-hydrogen) atoms. The SMILES string of the molecule is CCc1nc(SCC(=O)N(Cc2ccco2)c2ccccc2)n[nH]1. The Balaban J connectivity index is 1.70. The van der Waals surface area contributed by atoms with Crippen LogP contribution >= 0.6 is 11.8 Å². The number of carbonyl (C=O) groups excluding carboxylic acids is 1. The van der Waals surface area contributed by atoms with Gasteiger partial charge in [-0.3, -0.25) is 9.89 Å². The van der Waals surface area contributed by atoms with Gasteiger partial charge in [-0.25, -0.2) is 4.98 Å². The number of furan rings is 1. The molecule has 0 unspecified atom stereocenters. The van der Waals surface area contributed by atoms with Gasteiger partial charge in [0.15, 0.2) is 0 Å². The second kappa shape index (κ2) is 7.83. The summed E-state index contributed by atoms with van der Waals surface area (Å²) in [6.45, 7) is 2.39. The van der Waals surface area contributed by atoms with E-state index in [0.29, 0.717) is 11.7 Å². The number of benzene rings is 1. The first-order valence-electron chi connectivity index (χ1n) is 7.68. The van der Waals surface area contributed by atoms with Crippen molar-refractivity contribution in [3.05, 3.63) is 60.3 Å². The highest BCUT2D eigenvalue weighted by atomic mass is 32.2. The number of aryl methyl sites for hydroxylation is 1. The summed E-state index contributed by atoms with van der Waals surface area (Å²) in [6, 6.07) is 13.2. The van der Waals surface area contributed by atoms with Gasteiger partial charge in [-0.15, -0.1) is 5.10 Å². The van der Waals surface area contributed by atoms with Gasteiger partial charge in [0, 0.05) is 12.1 Å². The molecule has 0 atom stereocenters. The molecule has 0 fully saturated rings. The summed E-state index contributed by atoms with van der Waals surface area (Å²) in [6.07, 6.45) is 2.40. The average Bonchev–Trinajstić information content (AvgIpc) is 3.30. The molecule has 0 aliphatic heterocycles. The lowest BCUT2D eigenvalue weighted by Gasteiger charge is -2.21. The van der Waals surface area contributed by atoms with Crippen molar-refractivity contribution in [3.63, 3.8) is 0 Å². The zero-order valence-electron chi connectivity index (χ0n) is 13.3. The maximum Gasteiger partial charge on any atom is 0.237 e. The van der Waals surface area contributed by atoms with Crippen molar-refractivity contribution in [2.45, 2.75) is 25.0 Å². The molecule has 3 rings (SSSR count). The standard InChI is InChI=1S/C17H18N4O2S/c1-2-15-18-17(20-19-15)24-12-16(22)21(11-14-9-6-10-23-14)13-7-4-3-5-8-13/h3-10H,2,11-12H2,1H3,(H,18,19,20). The molecule has 0 spiro atoms. The van der Waals surface area contributed by atoms with Crippen LogP contribution in [0.25, 0.3) is 0 Å². The Labute approximate surface area is 144 Å². The zero-order valence-corrected chi connectivity index (χ0v) is 14.1. The van der Waals surface area contributed by atoms with Gasteiger partial charge < -0.3 is 9.32 Å². The first kappa shape index (κ1) is 16.3. The number of nitrogens with zero attached hydrogens (tertiary/aromatic N) is 3. The van der Waals surface area contributed by atoms with Crippen LogP contribution < -0.4 is 4.90 Å². The first-order valence-corrected chi connectivity index (χ1v) is 8.66. The van der Waals surface area contributed by atoms with Gasteiger partial charge in [0.05, 0.1) is 18.6 Å². The quantitative estimate of drug-likeness (QED) is 0.667. The van der Waals surface area contributed by atoms with Crippen LogP contribution in [-0.2, 0) is 17.8 Å². The number of rotatable bonds is 7. The number of hydrogen-bond acceptors (Lipinski definition) is 5.